The quantitative estimate of drug-likeness (QED) is 0.809. The van der Waals surface area contributed by atoms with E-state index in [0.29, 0.717) is 5.69 Å². The van der Waals surface area contributed by atoms with Crippen LogP contribution in [0.2, 0.25) is 0 Å². The number of nitrogens with zero attached hydrogens (tertiary/aromatic N) is 2. The fourth-order valence-electron chi connectivity index (χ4n) is 2.22. The van der Waals surface area contributed by atoms with Gasteiger partial charge in [0.2, 0.25) is 0 Å². The third-order valence-corrected chi connectivity index (χ3v) is 3.07. The van der Waals surface area contributed by atoms with Gasteiger partial charge < -0.3 is 9.88 Å². The molecule has 0 radical (unpaired) electrons. The van der Waals surface area contributed by atoms with Crippen molar-refractivity contribution in [2.75, 3.05) is 11.4 Å². The minimum absolute atomic E-state index is 0.00412. The van der Waals surface area contributed by atoms with Gasteiger partial charge >= 0.3 is 0 Å². The van der Waals surface area contributed by atoms with Crippen molar-refractivity contribution in [2.24, 2.45) is 0 Å². The molecule has 0 saturated heterocycles. The molecule has 0 aliphatic carbocycles. The number of hydrogen-bond donors (Lipinski definition) is 1. The summed E-state index contributed by atoms with van der Waals surface area (Å²) < 4.78 is 0. The fraction of sp³-hybridized carbons (Fsp3) is 0.231. The van der Waals surface area contributed by atoms with Crippen LogP contribution in [0, 0.1) is 6.92 Å². The highest BCUT2D eigenvalue weighted by Crippen LogP contribution is 2.28. The molecule has 0 atom stereocenters. The summed E-state index contributed by atoms with van der Waals surface area (Å²) in [4.78, 5) is 21.1. The number of hydrogen-bond acceptors (Lipinski definition) is 2. The van der Waals surface area contributed by atoms with Crippen LogP contribution in [0.3, 0.4) is 0 Å². The number of carbonyl (C=O) groups is 1. The second-order valence-corrected chi connectivity index (χ2v) is 4.22. The van der Waals surface area contributed by atoms with E-state index in [4.69, 9.17) is 0 Å². The maximum Gasteiger partial charge on any atom is 0.276 e. The Morgan fingerprint density at radius 1 is 1.41 bits per heavy atom. The lowest BCUT2D eigenvalue weighted by molar-refractivity contribution is 0.0985. The molecule has 4 nitrogen and oxygen atoms in total. The van der Waals surface area contributed by atoms with E-state index in [2.05, 4.69) is 16.0 Å². The Morgan fingerprint density at radius 3 is 3.00 bits per heavy atom. The van der Waals surface area contributed by atoms with Gasteiger partial charge in [-0.05, 0) is 25.0 Å². The van der Waals surface area contributed by atoms with Crippen LogP contribution in [0.25, 0.3) is 0 Å². The lowest BCUT2D eigenvalue weighted by atomic mass is 10.2. The van der Waals surface area contributed by atoms with Crippen LogP contribution in [0.1, 0.15) is 21.9 Å². The van der Waals surface area contributed by atoms with E-state index in [-0.39, 0.29) is 5.91 Å². The number of para-hydroxylation sites is 1. The molecule has 1 aromatic carbocycles. The molecule has 3 rings (SSSR count). The topological polar surface area (TPSA) is 49.0 Å². The highest BCUT2D eigenvalue weighted by molar-refractivity contribution is 6.05. The van der Waals surface area contributed by atoms with Crippen LogP contribution in [0.5, 0.6) is 0 Å². The molecule has 1 aliphatic heterocycles. The van der Waals surface area contributed by atoms with E-state index < -0.39 is 0 Å². The number of H-pyrrole nitrogens is 1. The zero-order valence-electron chi connectivity index (χ0n) is 9.60. The SMILES string of the molecule is Cc1ncc(C(=O)N2CCc3ccccc32)[nH]1. The third-order valence-electron chi connectivity index (χ3n) is 3.07. The number of nitrogens with one attached hydrogen (secondary N) is 1. The first-order chi connectivity index (χ1) is 8.25. The fourth-order valence-corrected chi connectivity index (χ4v) is 2.22. The van der Waals surface area contributed by atoms with Crippen molar-refractivity contribution in [3.63, 3.8) is 0 Å². The van der Waals surface area contributed by atoms with E-state index in [1.807, 2.05) is 30.0 Å². The summed E-state index contributed by atoms with van der Waals surface area (Å²) in [5, 5.41) is 0. The molecule has 1 aromatic heterocycles. The summed E-state index contributed by atoms with van der Waals surface area (Å²) in [7, 11) is 0. The van der Waals surface area contributed by atoms with Crippen LogP contribution in [-0.4, -0.2) is 22.4 Å². The summed E-state index contributed by atoms with van der Waals surface area (Å²) in [6, 6.07) is 8.03. The van der Waals surface area contributed by atoms with E-state index in [0.717, 1.165) is 24.5 Å². The van der Waals surface area contributed by atoms with Gasteiger partial charge in [0.25, 0.3) is 5.91 Å². The van der Waals surface area contributed by atoms with Gasteiger partial charge in [-0.3, -0.25) is 4.79 Å². The number of rotatable bonds is 1. The molecule has 2 aromatic rings. The summed E-state index contributed by atoms with van der Waals surface area (Å²) in [6.07, 6.45) is 2.52. The Morgan fingerprint density at radius 2 is 2.24 bits per heavy atom. The average Bonchev–Trinajstić information content (AvgIpc) is 2.94. The van der Waals surface area contributed by atoms with Gasteiger partial charge in [-0.2, -0.15) is 0 Å². The maximum absolute atomic E-state index is 12.3. The number of benzene rings is 1. The maximum atomic E-state index is 12.3. The number of carbonyl (C=O) groups excluding carboxylic acids is 1. The van der Waals surface area contributed by atoms with Crippen LogP contribution >= 0.6 is 0 Å². The van der Waals surface area contributed by atoms with E-state index in [1.165, 1.54) is 5.56 Å². The number of aromatic nitrogens is 2. The zero-order chi connectivity index (χ0) is 11.8. The first kappa shape index (κ1) is 10.1. The van der Waals surface area contributed by atoms with Crippen LogP contribution in [0.15, 0.2) is 30.5 Å². The van der Waals surface area contributed by atoms with Crippen LogP contribution in [0.4, 0.5) is 5.69 Å². The zero-order valence-corrected chi connectivity index (χ0v) is 9.60. The molecule has 1 amide bonds. The molecule has 1 N–H and O–H groups in total. The smallest absolute Gasteiger partial charge is 0.276 e. The van der Waals surface area contributed by atoms with Gasteiger partial charge in [0, 0.05) is 12.2 Å². The molecule has 0 unspecified atom stereocenters. The van der Waals surface area contributed by atoms with E-state index in [9.17, 15) is 4.79 Å². The van der Waals surface area contributed by atoms with Gasteiger partial charge in [-0.25, -0.2) is 4.98 Å². The molecule has 0 spiro atoms. The standard InChI is InChI=1S/C13H13N3O/c1-9-14-8-11(15-9)13(17)16-7-6-10-4-2-3-5-12(10)16/h2-5,8H,6-7H2,1H3,(H,14,15). The monoisotopic (exact) mass is 227 g/mol. The average molecular weight is 227 g/mol. The molecule has 0 fully saturated rings. The Balaban J connectivity index is 1.95. The minimum atomic E-state index is -0.00412. The number of aryl methyl sites for hydroxylation is 1. The van der Waals surface area contributed by atoms with Crippen LogP contribution < -0.4 is 4.90 Å². The molecule has 2 heterocycles. The molecule has 86 valence electrons. The molecule has 1 aliphatic rings. The van der Waals surface area contributed by atoms with Crippen molar-refractivity contribution in [2.45, 2.75) is 13.3 Å². The van der Waals surface area contributed by atoms with E-state index >= 15 is 0 Å². The molecule has 0 bridgehead atoms. The first-order valence-electron chi connectivity index (χ1n) is 5.67. The number of anilines is 1. The minimum Gasteiger partial charge on any atom is -0.338 e. The Bertz CT molecular complexity index is 574. The summed E-state index contributed by atoms with van der Waals surface area (Å²) in [6.45, 7) is 2.59. The van der Waals surface area contributed by atoms with Crippen molar-refractivity contribution >= 4 is 11.6 Å². The van der Waals surface area contributed by atoms with Gasteiger partial charge in [0.15, 0.2) is 0 Å². The number of fused-ring (bicyclic) bond motifs is 1. The lowest BCUT2D eigenvalue weighted by Crippen LogP contribution is -2.29. The Kier molecular flexibility index (Phi) is 2.21. The summed E-state index contributed by atoms with van der Waals surface area (Å²) in [5.41, 5.74) is 2.81. The molecule has 0 saturated carbocycles. The van der Waals surface area contributed by atoms with Gasteiger partial charge in [0.1, 0.15) is 11.5 Å². The Hall–Kier alpha value is -2.10. The van der Waals surface area contributed by atoms with Gasteiger partial charge in [-0.15, -0.1) is 0 Å². The van der Waals surface area contributed by atoms with Gasteiger partial charge in [0.05, 0.1) is 6.20 Å². The summed E-state index contributed by atoms with van der Waals surface area (Å²) >= 11 is 0. The number of imidazole rings is 1. The van der Waals surface area contributed by atoms with Crippen LogP contribution in [-0.2, 0) is 6.42 Å². The van der Waals surface area contributed by atoms with Crippen molar-refractivity contribution in [1.82, 2.24) is 9.97 Å². The highest BCUT2D eigenvalue weighted by atomic mass is 16.2. The molecule has 4 heteroatoms. The van der Waals surface area contributed by atoms with E-state index in [1.54, 1.807) is 6.20 Å². The van der Waals surface area contributed by atoms with Gasteiger partial charge in [-0.1, -0.05) is 18.2 Å². The van der Waals surface area contributed by atoms with Crippen molar-refractivity contribution in [3.05, 3.63) is 47.5 Å². The first-order valence-corrected chi connectivity index (χ1v) is 5.67. The van der Waals surface area contributed by atoms with Crippen molar-refractivity contribution in [1.29, 1.82) is 0 Å². The largest absolute Gasteiger partial charge is 0.338 e. The lowest BCUT2D eigenvalue weighted by Gasteiger charge is -2.15. The number of aromatic amines is 1. The summed E-state index contributed by atoms with van der Waals surface area (Å²) in [5.74, 6) is 0.761. The third kappa shape index (κ3) is 1.62. The second kappa shape index (κ2) is 3.73. The van der Waals surface area contributed by atoms with Crippen molar-refractivity contribution in [3.8, 4) is 0 Å². The molecule has 17 heavy (non-hydrogen) atoms. The second-order valence-electron chi connectivity index (χ2n) is 4.22. The Labute approximate surface area is 99.3 Å². The molecular weight excluding hydrogens is 214 g/mol. The predicted molar refractivity (Wildman–Crippen MR) is 65.1 cm³/mol. The number of amides is 1. The molecular formula is C13H13N3O. The van der Waals surface area contributed by atoms with Crippen molar-refractivity contribution < 1.29 is 4.79 Å². The predicted octanol–water partition coefficient (Wildman–Crippen LogP) is 1.92. The normalized spacial score (nSPS) is 13.8. The highest BCUT2D eigenvalue weighted by Gasteiger charge is 2.25.